The Morgan fingerprint density at radius 1 is 0.852 bits per heavy atom. The minimum Gasteiger partial charge on any atom is -0.385 e. The molecule has 1 atom stereocenters. The van der Waals surface area contributed by atoms with E-state index in [0.717, 1.165) is 49.4 Å². The van der Waals surface area contributed by atoms with Gasteiger partial charge in [-0.3, -0.25) is 0 Å². The first-order valence-corrected chi connectivity index (χ1v) is 10.6. The molecule has 0 aliphatic heterocycles. The molecule has 0 spiro atoms. The fraction of sp³-hybridized carbons (Fsp3) is 0.182. The van der Waals surface area contributed by atoms with Crippen molar-refractivity contribution in [1.82, 2.24) is 4.57 Å². The first-order valence-electron chi connectivity index (χ1n) is 8.99. The lowest BCUT2D eigenvalue weighted by Gasteiger charge is -2.16. The summed E-state index contributed by atoms with van der Waals surface area (Å²) < 4.78 is 4.12. The molecule has 0 saturated heterocycles. The number of aromatic nitrogens is 1. The zero-order valence-corrected chi connectivity index (χ0v) is 17.9. The highest BCUT2D eigenvalue weighted by Gasteiger charge is 2.16. The van der Waals surface area contributed by atoms with E-state index in [0.29, 0.717) is 6.42 Å². The maximum atomic E-state index is 11.0. The minimum absolute atomic E-state index is 0.565. The number of hydrogen-bond donors (Lipinski definition) is 2. The Morgan fingerprint density at radius 2 is 1.44 bits per heavy atom. The normalized spacial score (nSPS) is 12.6. The van der Waals surface area contributed by atoms with Gasteiger partial charge in [-0.25, -0.2) is 0 Å². The van der Waals surface area contributed by atoms with E-state index in [2.05, 4.69) is 73.6 Å². The average molecular weight is 488 g/mol. The van der Waals surface area contributed by atoms with E-state index in [1.54, 1.807) is 0 Å². The number of benzene rings is 3. The van der Waals surface area contributed by atoms with Crippen molar-refractivity contribution in [2.24, 2.45) is 0 Å². The second kappa shape index (κ2) is 8.05. The third-order valence-electron chi connectivity index (χ3n) is 4.77. The molecule has 5 heteroatoms. The molecule has 0 saturated carbocycles. The molecule has 0 aliphatic rings. The Hall–Kier alpha value is -1.82. The molecular formula is C22H20Br2N2O. The molecule has 3 aromatic carbocycles. The highest BCUT2D eigenvalue weighted by Crippen LogP contribution is 2.35. The van der Waals surface area contributed by atoms with Gasteiger partial charge in [-0.1, -0.05) is 50.1 Å². The molecule has 0 fully saturated rings. The van der Waals surface area contributed by atoms with Crippen LogP contribution < -0.4 is 5.32 Å². The van der Waals surface area contributed by atoms with E-state index in [1.807, 2.05) is 34.9 Å². The molecule has 1 unspecified atom stereocenters. The number of rotatable bonds is 6. The first-order chi connectivity index (χ1) is 13.1. The topological polar surface area (TPSA) is 37.2 Å². The number of hydrogen-bond acceptors (Lipinski definition) is 2. The lowest BCUT2D eigenvalue weighted by molar-refractivity contribution is 0.102. The molecule has 1 aromatic heterocycles. The highest BCUT2D eigenvalue weighted by molar-refractivity contribution is 9.10. The number of halogens is 2. The molecule has 27 heavy (non-hydrogen) atoms. The second-order valence-corrected chi connectivity index (χ2v) is 8.44. The van der Waals surface area contributed by atoms with Gasteiger partial charge < -0.3 is 15.0 Å². The van der Waals surface area contributed by atoms with Crippen molar-refractivity contribution in [3.63, 3.8) is 0 Å². The zero-order chi connectivity index (χ0) is 18.8. The van der Waals surface area contributed by atoms with Gasteiger partial charge in [0.2, 0.25) is 0 Å². The molecule has 1 heterocycles. The summed E-state index contributed by atoms with van der Waals surface area (Å²) in [5.74, 6) is 0. The van der Waals surface area contributed by atoms with Crippen LogP contribution >= 0.6 is 31.9 Å². The Kier molecular flexibility index (Phi) is 5.53. The van der Waals surface area contributed by atoms with Crippen molar-refractivity contribution in [3.8, 4) is 0 Å². The van der Waals surface area contributed by atoms with Crippen molar-refractivity contribution in [1.29, 1.82) is 0 Å². The second-order valence-electron chi connectivity index (χ2n) is 6.61. The summed E-state index contributed by atoms with van der Waals surface area (Å²) in [6, 6.07) is 22.6. The summed E-state index contributed by atoms with van der Waals surface area (Å²) >= 11 is 7.13. The van der Waals surface area contributed by atoms with Crippen LogP contribution in [-0.2, 0) is 0 Å². The molecule has 0 aliphatic carbocycles. The summed E-state index contributed by atoms with van der Waals surface area (Å²) in [4.78, 5) is 0. The van der Waals surface area contributed by atoms with Gasteiger partial charge in [0.15, 0.2) is 0 Å². The van der Waals surface area contributed by atoms with Crippen LogP contribution in [0.1, 0.15) is 19.1 Å². The van der Waals surface area contributed by atoms with Crippen molar-refractivity contribution in [3.05, 3.63) is 75.7 Å². The summed E-state index contributed by atoms with van der Waals surface area (Å²) in [5, 5.41) is 16.6. The molecule has 0 bridgehead atoms. The molecule has 4 rings (SSSR count). The van der Waals surface area contributed by atoms with Gasteiger partial charge >= 0.3 is 0 Å². The van der Waals surface area contributed by atoms with E-state index in [-0.39, 0.29) is 0 Å². The van der Waals surface area contributed by atoms with Crippen LogP contribution in [0, 0.1) is 0 Å². The van der Waals surface area contributed by atoms with Gasteiger partial charge in [0, 0.05) is 32.0 Å². The number of anilines is 1. The Balaban J connectivity index is 1.58. The van der Waals surface area contributed by atoms with Crippen LogP contribution in [-0.4, -0.2) is 16.2 Å². The van der Waals surface area contributed by atoms with E-state index >= 15 is 0 Å². The molecule has 0 amide bonds. The standard InChI is InChI=1S/C22H20Br2N2O/c23-15-8-10-20-18(13-15)19-14-16(24)9-11-21(19)26(20)22(27)7-4-12-25-17-5-2-1-3-6-17/h1-3,5-6,8-11,13-14,22,25,27H,4,7,12H2. The van der Waals surface area contributed by atoms with Crippen LogP contribution in [0.3, 0.4) is 0 Å². The lowest BCUT2D eigenvalue weighted by Crippen LogP contribution is -2.10. The van der Waals surface area contributed by atoms with Crippen molar-refractivity contribution in [2.45, 2.75) is 19.1 Å². The smallest absolute Gasteiger partial charge is 0.131 e. The number of fused-ring (bicyclic) bond motifs is 3. The number of aliphatic hydroxyl groups excluding tert-OH is 1. The number of para-hydroxylation sites is 1. The van der Waals surface area contributed by atoms with Crippen molar-refractivity contribution in [2.75, 3.05) is 11.9 Å². The minimum atomic E-state index is -0.565. The van der Waals surface area contributed by atoms with E-state index in [1.165, 1.54) is 0 Å². The summed E-state index contributed by atoms with van der Waals surface area (Å²) in [5.41, 5.74) is 3.21. The Morgan fingerprint density at radius 3 is 2.04 bits per heavy atom. The molecular weight excluding hydrogens is 468 g/mol. The summed E-state index contributed by atoms with van der Waals surface area (Å²) in [6.45, 7) is 0.829. The largest absolute Gasteiger partial charge is 0.385 e. The fourth-order valence-electron chi connectivity index (χ4n) is 3.52. The van der Waals surface area contributed by atoms with Gasteiger partial charge in [0.1, 0.15) is 6.23 Å². The van der Waals surface area contributed by atoms with Gasteiger partial charge in [0.25, 0.3) is 0 Å². The summed E-state index contributed by atoms with van der Waals surface area (Å²) in [7, 11) is 0. The average Bonchev–Trinajstić information content (AvgIpc) is 2.99. The molecule has 3 nitrogen and oxygen atoms in total. The maximum Gasteiger partial charge on any atom is 0.131 e. The molecule has 138 valence electrons. The van der Waals surface area contributed by atoms with E-state index < -0.39 is 6.23 Å². The van der Waals surface area contributed by atoms with Crippen molar-refractivity contribution < 1.29 is 5.11 Å². The fourth-order valence-corrected chi connectivity index (χ4v) is 4.24. The Labute approximate surface area is 175 Å². The predicted molar refractivity (Wildman–Crippen MR) is 120 cm³/mol. The lowest BCUT2D eigenvalue weighted by atomic mass is 10.2. The van der Waals surface area contributed by atoms with Gasteiger partial charge in [-0.15, -0.1) is 0 Å². The van der Waals surface area contributed by atoms with Crippen LogP contribution in [0.2, 0.25) is 0 Å². The quantitative estimate of drug-likeness (QED) is 0.297. The monoisotopic (exact) mass is 486 g/mol. The van der Waals surface area contributed by atoms with E-state index in [4.69, 9.17) is 0 Å². The van der Waals surface area contributed by atoms with Crippen LogP contribution in [0.5, 0.6) is 0 Å². The number of nitrogens with one attached hydrogen (secondary N) is 1. The third kappa shape index (κ3) is 3.91. The predicted octanol–water partition coefficient (Wildman–Crippen LogP) is 6.70. The van der Waals surface area contributed by atoms with Crippen LogP contribution in [0.15, 0.2) is 75.7 Å². The summed E-state index contributed by atoms with van der Waals surface area (Å²) in [6.07, 6.45) is 1.000. The Bertz CT molecular complexity index is 1020. The zero-order valence-electron chi connectivity index (χ0n) is 14.7. The third-order valence-corrected chi connectivity index (χ3v) is 5.75. The van der Waals surface area contributed by atoms with Gasteiger partial charge in [-0.2, -0.15) is 0 Å². The highest BCUT2D eigenvalue weighted by atomic mass is 79.9. The van der Waals surface area contributed by atoms with Crippen LogP contribution in [0.4, 0.5) is 5.69 Å². The molecule has 2 N–H and O–H groups in total. The van der Waals surface area contributed by atoms with E-state index in [9.17, 15) is 5.11 Å². The SMILES string of the molecule is OC(CCCNc1ccccc1)n1c2ccc(Br)cc2c2cc(Br)ccc21. The number of aliphatic hydroxyl groups is 1. The maximum absolute atomic E-state index is 11.0. The van der Waals surface area contributed by atoms with Gasteiger partial charge in [-0.05, 0) is 61.4 Å². The number of nitrogens with zero attached hydrogens (tertiary/aromatic N) is 1. The first kappa shape index (κ1) is 18.5. The van der Waals surface area contributed by atoms with Crippen molar-refractivity contribution >= 4 is 59.4 Å². The van der Waals surface area contributed by atoms with Crippen LogP contribution in [0.25, 0.3) is 21.8 Å². The van der Waals surface area contributed by atoms with Gasteiger partial charge in [0.05, 0.1) is 11.0 Å². The molecule has 4 aromatic rings. The molecule has 0 radical (unpaired) electrons.